The molecule has 3 aliphatic heterocycles. The van der Waals surface area contributed by atoms with E-state index in [1.165, 1.54) is 22.9 Å². The SMILES string of the molecule is O=C(CSc1nc2ccc(Nc3nc(N4CCOCC4)nc(N4CCOCC4)n3)cc2s1)N1c2ccccc2CCc2ccccc21. The number of amides is 1. The molecule has 0 radical (unpaired) electrons. The predicted molar refractivity (Wildman–Crippen MR) is 187 cm³/mol. The Balaban J connectivity index is 1.01. The molecule has 47 heavy (non-hydrogen) atoms. The van der Waals surface area contributed by atoms with Crippen molar-refractivity contribution in [1.82, 2.24) is 19.9 Å². The van der Waals surface area contributed by atoms with E-state index in [4.69, 9.17) is 29.4 Å². The number of fused-ring (bicyclic) bond motifs is 3. The van der Waals surface area contributed by atoms with Gasteiger partial charge in [-0.15, -0.1) is 11.3 Å². The molecule has 13 heteroatoms. The maximum atomic E-state index is 13.8. The molecule has 0 unspecified atom stereocenters. The van der Waals surface area contributed by atoms with Crippen LogP contribution in [0.1, 0.15) is 11.1 Å². The van der Waals surface area contributed by atoms with Gasteiger partial charge in [0, 0.05) is 31.9 Å². The Labute approximate surface area is 281 Å². The average molecular weight is 667 g/mol. The molecule has 1 amide bonds. The van der Waals surface area contributed by atoms with Crippen molar-refractivity contribution in [3.63, 3.8) is 0 Å². The largest absolute Gasteiger partial charge is 0.378 e. The fourth-order valence-electron chi connectivity index (χ4n) is 6.13. The molecule has 0 spiro atoms. The lowest BCUT2D eigenvalue weighted by atomic mass is 10.0. The fraction of sp³-hybridized carbons (Fsp3) is 0.324. The first kappa shape index (κ1) is 30.1. The number of para-hydroxylation sites is 2. The molecule has 0 aliphatic carbocycles. The Morgan fingerprint density at radius 1 is 0.766 bits per heavy atom. The number of aryl methyl sites for hydroxylation is 2. The van der Waals surface area contributed by atoms with Gasteiger partial charge < -0.3 is 24.6 Å². The summed E-state index contributed by atoms with van der Waals surface area (Å²) < 4.78 is 13.0. The van der Waals surface area contributed by atoms with Crippen molar-refractivity contribution in [3.05, 3.63) is 77.9 Å². The minimum absolute atomic E-state index is 0.0420. The van der Waals surface area contributed by atoms with E-state index >= 15 is 0 Å². The van der Waals surface area contributed by atoms with E-state index in [0.29, 0.717) is 44.3 Å². The van der Waals surface area contributed by atoms with Gasteiger partial charge in [0.2, 0.25) is 23.8 Å². The van der Waals surface area contributed by atoms with E-state index in [9.17, 15) is 4.79 Å². The minimum Gasteiger partial charge on any atom is -0.378 e. The Hall–Kier alpha value is -4.30. The second kappa shape index (κ2) is 13.4. The second-order valence-corrected chi connectivity index (χ2v) is 13.8. The van der Waals surface area contributed by atoms with Gasteiger partial charge in [-0.25, -0.2) is 4.98 Å². The van der Waals surface area contributed by atoms with Crippen LogP contribution in [0.15, 0.2) is 71.1 Å². The van der Waals surface area contributed by atoms with Crippen LogP contribution < -0.4 is 20.0 Å². The number of ether oxygens (including phenoxy) is 2. The monoisotopic (exact) mass is 666 g/mol. The zero-order valence-electron chi connectivity index (χ0n) is 25.8. The van der Waals surface area contributed by atoms with Crippen molar-refractivity contribution in [2.24, 2.45) is 0 Å². The maximum Gasteiger partial charge on any atom is 0.242 e. The van der Waals surface area contributed by atoms with E-state index in [-0.39, 0.29) is 11.7 Å². The number of thioether (sulfide) groups is 1. The summed E-state index contributed by atoms with van der Waals surface area (Å²) in [5, 5.41) is 3.42. The van der Waals surface area contributed by atoms with E-state index in [1.54, 1.807) is 11.3 Å². The number of hydrogen-bond acceptors (Lipinski definition) is 12. The van der Waals surface area contributed by atoms with Gasteiger partial charge >= 0.3 is 0 Å². The molecule has 1 N–H and O–H groups in total. The first-order valence-corrected chi connectivity index (χ1v) is 17.7. The molecule has 0 bridgehead atoms. The van der Waals surface area contributed by atoms with Gasteiger partial charge in [0.15, 0.2) is 4.34 Å². The number of aromatic nitrogens is 4. The van der Waals surface area contributed by atoms with E-state index in [1.807, 2.05) is 53.4 Å². The van der Waals surface area contributed by atoms with Crippen molar-refractivity contribution in [2.75, 3.05) is 78.4 Å². The lowest BCUT2D eigenvalue weighted by molar-refractivity contribution is -0.115. The van der Waals surface area contributed by atoms with E-state index in [2.05, 4.69) is 33.3 Å². The maximum absolute atomic E-state index is 13.8. The number of anilines is 6. The van der Waals surface area contributed by atoms with E-state index in [0.717, 1.165) is 70.6 Å². The van der Waals surface area contributed by atoms with Gasteiger partial charge in [-0.2, -0.15) is 15.0 Å². The third-order valence-electron chi connectivity index (χ3n) is 8.52. The summed E-state index contributed by atoms with van der Waals surface area (Å²) in [4.78, 5) is 39.2. The summed E-state index contributed by atoms with van der Waals surface area (Å²) in [6, 6.07) is 22.5. The van der Waals surface area contributed by atoms with Crippen LogP contribution in [-0.2, 0) is 27.1 Å². The van der Waals surface area contributed by atoms with Gasteiger partial charge in [-0.3, -0.25) is 9.69 Å². The summed E-state index contributed by atoms with van der Waals surface area (Å²) >= 11 is 3.06. The third-order valence-corrected chi connectivity index (χ3v) is 10.7. The number of nitrogens with one attached hydrogen (secondary N) is 1. The number of nitrogens with zero attached hydrogens (tertiary/aromatic N) is 7. The number of morpholine rings is 2. The number of rotatable bonds is 7. The quantitative estimate of drug-likeness (QED) is 0.224. The molecular weight excluding hydrogens is 633 g/mol. The topological polar surface area (TPSA) is 109 Å². The van der Waals surface area contributed by atoms with Crippen LogP contribution >= 0.6 is 23.1 Å². The van der Waals surface area contributed by atoms with Crippen LogP contribution in [0.3, 0.4) is 0 Å². The lowest BCUT2D eigenvalue weighted by Crippen LogP contribution is -2.40. The average Bonchev–Trinajstić information content (AvgIpc) is 3.45. The summed E-state index contributed by atoms with van der Waals surface area (Å²) in [7, 11) is 0. The van der Waals surface area contributed by atoms with Gasteiger partial charge in [0.25, 0.3) is 0 Å². The van der Waals surface area contributed by atoms with Crippen molar-refractivity contribution in [2.45, 2.75) is 17.2 Å². The number of thiazole rings is 1. The molecule has 3 aromatic carbocycles. The van der Waals surface area contributed by atoms with Crippen LogP contribution in [0.25, 0.3) is 10.2 Å². The Morgan fingerprint density at radius 3 is 1.98 bits per heavy atom. The Morgan fingerprint density at radius 2 is 1.36 bits per heavy atom. The molecule has 2 fully saturated rings. The molecule has 2 saturated heterocycles. The van der Waals surface area contributed by atoms with Crippen LogP contribution in [0.5, 0.6) is 0 Å². The summed E-state index contributed by atoms with van der Waals surface area (Å²) in [6.07, 6.45) is 1.82. The summed E-state index contributed by atoms with van der Waals surface area (Å²) in [5.41, 5.74) is 6.06. The fourth-order valence-corrected chi connectivity index (χ4v) is 8.09. The number of hydrogen-bond donors (Lipinski definition) is 1. The van der Waals surface area contributed by atoms with Crippen molar-refractivity contribution in [1.29, 1.82) is 0 Å². The van der Waals surface area contributed by atoms with Crippen molar-refractivity contribution < 1.29 is 14.3 Å². The normalized spacial score (nSPS) is 16.5. The predicted octanol–water partition coefficient (Wildman–Crippen LogP) is 5.45. The molecule has 5 aromatic rings. The lowest BCUT2D eigenvalue weighted by Gasteiger charge is -2.30. The van der Waals surface area contributed by atoms with Gasteiger partial charge in [-0.1, -0.05) is 48.2 Å². The first-order chi connectivity index (χ1) is 23.2. The molecule has 2 aromatic heterocycles. The number of benzene rings is 3. The highest BCUT2D eigenvalue weighted by Gasteiger charge is 2.26. The van der Waals surface area contributed by atoms with Gasteiger partial charge in [-0.05, 0) is 54.3 Å². The summed E-state index contributed by atoms with van der Waals surface area (Å²) in [6.45, 7) is 5.53. The molecular formula is C34H34N8O3S2. The van der Waals surface area contributed by atoms with Gasteiger partial charge in [0.05, 0.1) is 53.8 Å². The first-order valence-electron chi connectivity index (χ1n) is 15.9. The highest BCUT2D eigenvalue weighted by Crippen LogP contribution is 2.38. The van der Waals surface area contributed by atoms with Crippen molar-refractivity contribution in [3.8, 4) is 0 Å². The molecule has 0 atom stereocenters. The molecule has 5 heterocycles. The van der Waals surface area contributed by atoms with Crippen LogP contribution in [0.4, 0.5) is 34.9 Å². The molecule has 3 aliphatic rings. The minimum atomic E-state index is 0.0420. The van der Waals surface area contributed by atoms with Crippen LogP contribution in [0.2, 0.25) is 0 Å². The standard InChI is InChI=1S/C34H34N8O3S2/c43-30(42-27-7-3-1-5-23(27)9-10-24-6-2-4-8-28(24)42)22-46-34-36-26-12-11-25(21-29(26)47-34)35-31-37-32(40-13-17-44-18-14-40)39-33(38-31)41-15-19-45-20-16-41/h1-8,11-12,21H,9-10,13-20,22H2,(H,35,37,38,39). The molecule has 8 rings (SSSR count). The summed E-state index contributed by atoms with van der Waals surface area (Å²) in [5.74, 6) is 2.10. The highest BCUT2D eigenvalue weighted by atomic mass is 32.2. The molecule has 240 valence electrons. The highest BCUT2D eigenvalue weighted by molar-refractivity contribution is 8.01. The van der Waals surface area contributed by atoms with Crippen LogP contribution in [0, 0.1) is 0 Å². The van der Waals surface area contributed by atoms with Gasteiger partial charge in [0.1, 0.15) is 0 Å². The Bertz CT molecular complexity index is 1820. The third kappa shape index (κ3) is 6.48. The van der Waals surface area contributed by atoms with E-state index < -0.39 is 0 Å². The zero-order chi connectivity index (χ0) is 31.6. The molecule has 11 nitrogen and oxygen atoms in total. The number of carbonyl (C=O) groups is 1. The zero-order valence-corrected chi connectivity index (χ0v) is 27.4. The van der Waals surface area contributed by atoms with Crippen LogP contribution in [-0.4, -0.2) is 84.2 Å². The van der Waals surface area contributed by atoms with Crippen molar-refractivity contribution >= 4 is 74.1 Å². The Kier molecular flexibility index (Phi) is 8.59. The smallest absolute Gasteiger partial charge is 0.242 e. The second-order valence-electron chi connectivity index (χ2n) is 11.5. The number of carbonyl (C=O) groups excluding carboxylic acids is 1. The molecule has 0 saturated carbocycles.